The second-order valence-corrected chi connectivity index (χ2v) is 11.1. The van der Waals surface area contributed by atoms with Crippen LogP contribution in [-0.4, -0.2) is 57.4 Å². The van der Waals surface area contributed by atoms with Gasteiger partial charge in [0.05, 0.1) is 25.1 Å². The predicted molar refractivity (Wildman–Crippen MR) is 141 cm³/mol. The summed E-state index contributed by atoms with van der Waals surface area (Å²) in [6.45, 7) is 6.99. The predicted octanol–water partition coefficient (Wildman–Crippen LogP) is 3.51. The van der Waals surface area contributed by atoms with E-state index in [1.54, 1.807) is 62.1 Å². The summed E-state index contributed by atoms with van der Waals surface area (Å²) < 4.78 is 38.6. The normalized spacial score (nSPS) is 21.8. The van der Waals surface area contributed by atoms with E-state index < -0.39 is 32.1 Å². The average Bonchev–Trinajstić information content (AvgIpc) is 3.45. The summed E-state index contributed by atoms with van der Waals surface area (Å²) >= 11 is 0. The molecule has 1 saturated heterocycles. The number of fused-ring (bicyclic) bond motifs is 1. The summed E-state index contributed by atoms with van der Waals surface area (Å²) in [6, 6.07) is 7.65. The minimum absolute atomic E-state index is 0.0462. The molecule has 1 aliphatic heterocycles. The van der Waals surface area contributed by atoms with Crippen molar-refractivity contribution in [2.75, 3.05) is 24.7 Å². The van der Waals surface area contributed by atoms with Gasteiger partial charge >= 0.3 is 13.7 Å². The van der Waals surface area contributed by atoms with Gasteiger partial charge in [-0.1, -0.05) is 25.1 Å². The first kappa shape index (κ1) is 27.8. The van der Waals surface area contributed by atoms with Crippen LogP contribution in [-0.2, 0) is 23.4 Å². The van der Waals surface area contributed by atoms with E-state index in [-0.39, 0.29) is 24.6 Å². The number of carbonyl (C=O) groups excluding carboxylic acids is 1. The third-order valence-electron chi connectivity index (χ3n) is 5.86. The van der Waals surface area contributed by atoms with Crippen LogP contribution >= 0.6 is 7.75 Å². The maximum Gasteiger partial charge on any atom is 0.459 e. The highest BCUT2D eigenvalue weighted by Crippen LogP contribution is 2.46. The number of nitrogens with one attached hydrogen (secondary N) is 2. The highest BCUT2D eigenvalue weighted by molar-refractivity contribution is 7.52. The van der Waals surface area contributed by atoms with Gasteiger partial charge in [0.1, 0.15) is 18.0 Å². The summed E-state index contributed by atoms with van der Waals surface area (Å²) in [6.07, 6.45) is 1.10. The van der Waals surface area contributed by atoms with Gasteiger partial charge in [-0.2, -0.15) is 15.1 Å². The van der Waals surface area contributed by atoms with Crippen LogP contribution in [0.15, 0.2) is 36.7 Å². The lowest BCUT2D eigenvalue weighted by Gasteiger charge is -2.24. The summed E-state index contributed by atoms with van der Waals surface area (Å²) in [5.74, 6) is 0.447. The maximum absolute atomic E-state index is 13.7. The van der Waals surface area contributed by atoms with Crippen LogP contribution in [0.3, 0.4) is 0 Å². The molecule has 3 heterocycles. The zero-order valence-corrected chi connectivity index (χ0v) is 22.9. The van der Waals surface area contributed by atoms with Crippen LogP contribution < -0.4 is 20.7 Å². The van der Waals surface area contributed by atoms with E-state index in [2.05, 4.69) is 25.4 Å². The van der Waals surface area contributed by atoms with Gasteiger partial charge in [-0.25, -0.2) is 9.55 Å². The van der Waals surface area contributed by atoms with Gasteiger partial charge in [0.2, 0.25) is 5.95 Å². The number of rotatable bonds is 11. The number of benzene rings is 1. The fourth-order valence-electron chi connectivity index (χ4n) is 4.17. The molecular weight excluding hydrogens is 513 g/mol. The second kappa shape index (κ2) is 11.6. The number of imidazole rings is 1. The highest BCUT2D eigenvalue weighted by Gasteiger charge is 2.38. The van der Waals surface area contributed by atoms with Crippen LogP contribution in [0.4, 0.5) is 11.8 Å². The Labute approximate surface area is 221 Å². The van der Waals surface area contributed by atoms with Crippen LogP contribution in [0, 0.1) is 5.92 Å². The molecule has 0 radical (unpaired) electrons. The molecule has 4 rings (SSSR count). The fraction of sp³-hybridized carbons (Fsp3) is 0.500. The number of hydrogen-bond donors (Lipinski definition) is 3. The van der Waals surface area contributed by atoms with Gasteiger partial charge in [-0.15, -0.1) is 0 Å². The number of para-hydroxylation sites is 1. The Hall–Kier alpha value is -3.25. The standard InChI is InChI=1S/C24H34N7O6P/c1-14(2)35-23(32)16(4)30-38(33,37-17-9-7-6-8-10-17)34-12-18-11-15(3)22(36-18)31-13-27-19-20(26-5)28-24(25)29-21(19)31/h6-10,13-16,18,22H,11-12H2,1-5H3,(H,30,33)(H3,25,26,28,29)/t15-,16-,18?,22+,38?/m0/s1. The van der Waals surface area contributed by atoms with E-state index in [1.165, 1.54) is 6.92 Å². The zero-order chi connectivity index (χ0) is 27.4. The smallest absolute Gasteiger partial charge is 0.459 e. The van der Waals surface area contributed by atoms with Crippen molar-refractivity contribution in [1.29, 1.82) is 0 Å². The summed E-state index contributed by atoms with van der Waals surface area (Å²) in [4.78, 5) is 25.3. The number of nitrogens with zero attached hydrogens (tertiary/aromatic N) is 4. The average molecular weight is 548 g/mol. The van der Waals surface area contributed by atoms with Crippen LogP contribution in [0.25, 0.3) is 11.2 Å². The lowest BCUT2D eigenvalue weighted by molar-refractivity contribution is -0.149. The summed E-state index contributed by atoms with van der Waals surface area (Å²) in [7, 11) is -2.27. The number of anilines is 2. The molecule has 0 bridgehead atoms. The molecule has 13 nitrogen and oxygen atoms in total. The molecule has 5 atom stereocenters. The zero-order valence-electron chi connectivity index (χ0n) is 22.0. The number of nitrogen functional groups attached to an aromatic ring is 1. The Bertz CT molecular complexity index is 1300. The van der Waals surface area contributed by atoms with E-state index in [1.807, 2.05) is 6.92 Å². The van der Waals surface area contributed by atoms with Crippen molar-refractivity contribution < 1.29 is 27.9 Å². The number of ether oxygens (including phenoxy) is 2. The molecule has 0 saturated carbocycles. The van der Waals surface area contributed by atoms with Crippen molar-refractivity contribution in [2.24, 2.45) is 5.92 Å². The maximum atomic E-state index is 13.7. The first-order chi connectivity index (χ1) is 18.1. The molecule has 2 unspecified atom stereocenters. The molecular formula is C24H34N7O6P. The topological polar surface area (TPSA) is 165 Å². The largest absolute Gasteiger partial charge is 0.462 e. The lowest BCUT2D eigenvalue weighted by Crippen LogP contribution is -2.36. The van der Waals surface area contributed by atoms with Gasteiger partial charge in [-0.3, -0.25) is 13.9 Å². The molecule has 0 aliphatic carbocycles. The van der Waals surface area contributed by atoms with Crippen molar-refractivity contribution in [2.45, 2.75) is 58.6 Å². The van der Waals surface area contributed by atoms with E-state index in [9.17, 15) is 9.36 Å². The van der Waals surface area contributed by atoms with Crippen molar-refractivity contribution in [3.63, 3.8) is 0 Å². The first-order valence-electron chi connectivity index (χ1n) is 12.4. The Kier molecular flexibility index (Phi) is 8.51. The SMILES string of the molecule is CNc1nc(N)nc2c1ncn2[C@@H]1OC(COP(=O)(N[C@@H](C)C(=O)OC(C)C)Oc2ccccc2)C[C@@H]1C. The molecule has 2 aromatic heterocycles. The molecule has 38 heavy (non-hydrogen) atoms. The summed E-state index contributed by atoms with van der Waals surface area (Å²) in [5.41, 5.74) is 7.00. The van der Waals surface area contributed by atoms with Crippen LogP contribution in [0.5, 0.6) is 5.75 Å². The second-order valence-electron chi connectivity index (χ2n) is 9.40. The van der Waals surface area contributed by atoms with Gasteiger partial charge in [0, 0.05) is 13.0 Å². The molecule has 1 aliphatic rings. The van der Waals surface area contributed by atoms with Crippen LogP contribution in [0.2, 0.25) is 0 Å². The molecule has 14 heteroatoms. The van der Waals surface area contributed by atoms with E-state index >= 15 is 0 Å². The number of esters is 1. The highest BCUT2D eigenvalue weighted by atomic mass is 31.2. The molecule has 206 valence electrons. The van der Waals surface area contributed by atoms with Crippen molar-refractivity contribution in [3.05, 3.63) is 36.7 Å². The molecule has 1 fully saturated rings. The quantitative estimate of drug-likeness (QED) is 0.237. The monoisotopic (exact) mass is 547 g/mol. The molecule has 0 amide bonds. The number of nitrogens with two attached hydrogens (primary N) is 1. The number of carbonyl (C=O) groups is 1. The first-order valence-corrected chi connectivity index (χ1v) is 13.9. The van der Waals surface area contributed by atoms with Gasteiger partial charge in [0.15, 0.2) is 17.0 Å². The molecule has 1 aromatic carbocycles. The Morgan fingerprint density at radius 1 is 1.26 bits per heavy atom. The number of hydrogen-bond acceptors (Lipinski definition) is 11. The van der Waals surface area contributed by atoms with E-state index in [4.69, 9.17) is 24.3 Å². The van der Waals surface area contributed by atoms with Crippen LogP contribution in [0.1, 0.15) is 40.3 Å². The van der Waals surface area contributed by atoms with Gasteiger partial charge < -0.3 is 25.0 Å². The van der Waals surface area contributed by atoms with Crippen molar-refractivity contribution >= 4 is 36.6 Å². The fourth-order valence-corrected chi connectivity index (χ4v) is 5.70. The molecule has 3 aromatic rings. The lowest BCUT2D eigenvalue weighted by atomic mass is 10.1. The minimum atomic E-state index is -4.00. The van der Waals surface area contributed by atoms with Crippen molar-refractivity contribution in [1.82, 2.24) is 24.6 Å². The third-order valence-corrected chi connectivity index (χ3v) is 7.50. The summed E-state index contributed by atoms with van der Waals surface area (Å²) in [5, 5.41) is 5.66. The van der Waals surface area contributed by atoms with Gasteiger partial charge in [0.25, 0.3) is 0 Å². The van der Waals surface area contributed by atoms with E-state index in [0.717, 1.165) is 0 Å². The van der Waals surface area contributed by atoms with Gasteiger partial charge in [-0.05, 0) is 39.3 Å². The van der Waals surface area contributed by atoms with Crippen molar-refractivity contribution in [3.8, 4) is 5.75 Å². The Balaban J connectivity index is 1.48. The molecule has 4 N–H and O–H groups in total. The van der Waals surface area contributed by atoms with E-state index in [0.29, 0.717) is 29.2 Å². The third kappa shape index (κ3) is 6.41. The number of aromatic nitrogens is 4. The minimum Gasteiger partial charge on any atom is -0.462 e. The molecule has 0 spiro atoms. The Morgan fingerprint density at radius 2 is 2.00 bits per heavy atom. The Morgan fingerprint density at radius 3 is 2.68 bits per heavy atom.